The summed E-state index contributed by atoms with van der Waals surface area (Å²) in [5, 5.41) is 0. The Hall–Kier alpha value is -2.77. The van der Waals surface area contributed by atoms with Crippen LogP contribution in [0.25, 0.3) is 0 Å². The standard InChI is InChI=1S/C16H16F2N4O2/c1-10-19-14(9-15(23)20-10)21-4-6-22(7-5-21)16(24)11-2-3-12(17)13(18)8-11/h2-3,8-9H,4-7H2,1H3,(H,19,20,23). The summed E-state index contributed by atoms with van der Waals surface area (Å²) in [6.07, 6.45) is 0. The number of nitrogens with zero attached hydrogens (tertiary/aromatic N) is 3. The van der Waals surface area contributed by atoms with E-state index in [1.165, 1.54) is 12.1 Å². The molecule has 1 amide bonds. The van der Waals surface area contributed by atoms with E-state index in [0.29, 0.717) is 37.8 Å². The molecule has 1 aliphatic heterocycles. The zero-order valence-electron chi connectivity index (χ0n) is 13.1. The van der Waals surface area contributed by atoms with E-state index in [4.69, 9.17) is 0 Å². The molecule has 0 aliphatic carbocycles. The lowest BCUT2D eigenvalue weighted by molar-refractivity contribution is 0.0746. The van der Waals surface area contributed by atoms with Crippen LogP contribution < -0.4 is 10.5 Å². The number of piperazine rings is 1. The van der Waals surface area contributed by atoms with Gasteiger partial charge in [-0.15, -0.1) is 0 Å². The van der Waals surface area contributed by atoms with E-state index >= 15 is 0 Å². The number of hydrogen-bond acceptors (Lipinski definition) is 4. The summed E-state index contributed by atoms with van der Waals surface area (Å²) in [4.78, 5) is 34.2. The molecule has 1 aliphatic rings. The SMILES string of the molecule is Cc1nc(N2CCN(C(=O)c3ccc(F)c(F)c3)CC2)cc(=O)[nH]1. The van der Waals surface area contributed by atoms with Crippen molar-refractivity contribution >= 4 is 11.7 Å². The van der Waals surface area contributed by atoms with Gasteiger partial charge >= 0.3 is 0 Å². The number of carbonyl (C=O) groups is 1. The van der Waals surface area contributed by atoms with Crippen molar-refractivity contribution in [3.05, 3.63) is 57.6 Å². The molecule has 3 rings (SSSR count). The zero-order valence-corrected chi connectivity index (χ0v) is 13.1. The van der Waals surface area contributed by atoms with Crippen molar-refractivity contribution in [1.29, 1.82) is 0 Å². The van der Waals surface area contributed by atoms with Gasteiger partial charge in [0.05, 0.1) is 0 Å². The summed E-state index contributed by atoms with van der Waals surface area (Å²) >= 11 is 0. The molecule has 1 saturated heterocycles. The number of aryl methyl sites for hydroxylation is 1. The fourth-order valence-corrected chi connectivity index (χ4v) is 2.68. The largest absolute Gasteiger partial charge is 0.353 e. The first-order chi connectivity index (χ1) is 11.4. The second-order valence-electron chi connectivity index (χ2n) is 5.60. The lowest BCUT2D eigenvalue weighted by Crippen LogP contribution is -2.49. The molecule has 1 fully saturated rings. The molecule has 2 aromatic rings. The highest BCUT2D eigenvalue weighted by atomic mass is 19.2. The number of hydrogen-bond donors (Lipinski definition) is 1. The third-order valence-corrected chi connectivity index (χ3v) is 3.90. The Morgan fingerprint density at radius 1 is 1.12 bits per heavy atom. The monoisotopic (exact) mass is 334 g/mol. The molecule has 8 heteroatoms. The van der Waals surface area contributed by atoms with Gasteiger partial charge in [-0.1, -0.05) is 0 Å². The number of carbonyl (C=O) groups excluding carboxylic acids is 1. The zero-order chi connectivity index (χ0) is 17.3. The maximum atomic E-state index is 13.3. The summed E-state index contributed by atoms with van der Waals surface area (Å²) in [5.41, 5.74) is -0.106. The molecule has 0 radical (unpaired) electrons. The minimum Gasteiger partial charge on any atom is -0.353 e. The smallest absolute Gasteiger partial charge is 0.254 e. The van der Waals surface area contributed by atoms with E-state index in [-0.39, 0.29) is 17.0 Å². The number of anilines is 1. The van der Waals surface area contributed by atoms with E-state index in [9.17, 15) is 18.4 Å². The van der Waals surface area contributed by atoms with E-state index in [0.717, 1.165) is 12.1 Å². The predicted molar refractivity (Wildman–Crippen MR) is 84.1 cm³/mol. The fourth-order valence-electron chi connectivity index (χ4n) is 2.68. The number of halogens is 2. The molecule has 0 saturated carbocycles. The molecule has 1 aromatic carbocycles. The first-order valence-electron chi connectivity index (χ1n) is 7.51. The first-order valence-corrected chi connectivity index (χ1v) is 7.51. The van der Waals surface area contributed by atoms with Crippen LogP contribution in [0.1, 0.15) is 16.2 Å². The Balaban J connectivity index is 1.69. The molecule has 24 heavy (non-hydrogen) atoms. The molecular formula is C16H16F2N4O2. The summed E-state index contributed by atoms with van der Waals surface area (Å²) in [6, 6.07) is 4.54. The third kappa shape index (κ3) is 3.27. The number of nitrogens with one attached hydrogen (secondary N) is 1. The van der Waals surface area contributed by atoms with Gasteiger partial charge in [0.25, 0.3) is 11.5 Å². The lowest BCUT2D eigenvalue weighted by Gasteiger charge is -2.35. The van der Waals surface area contributed by atoms with Gasteiger partial charge in [-0.25, -0.2) is 13.8 Å². The number of benzene rings is 1. The Kier molecular flexibility index (Phi) is 4.28. The molecule has 0 unspecified atom stereocenters. The summed E-state index contributed by atoms with van der Waals surface area (Å²) < 4.78 is 26.2. The Morgan fingerprint density at radius 3 is 2.46 bits per heavy atom. The van der Waals surface area contributed by atoms with Crippen LogP contribution >= 0.6 is 0 Å². The second-order valence-corrected chi connectivity index (χ2v) is 5.60. The Morgan fingerprint density at radius 2 is 1.83 bits per heavy atom. The molecule has 126 valence electrons. The van der Waals surface area contributed by atoms with Gasteiger partial charge in [-0.2, -0.15) is 0 Å². The highest BCUT2D eigenvalue weighted by molar-refractivity contribution is 5.94. The maximum absolute atomic E-state index is 13.3. The topological polar surface area (TPSA) is 69.3 Å². The molecule has 2 heterocycles. The summed E-state index contributed by atoms with van der Waals surface area (Å²) in [5.74, 6) is -1.27. The van der Waals surface area contributed by atoms with Crippen LogP contribution in [0.3, 0.4) is 0 Å². The van der Waals surface area contributed by atoms with Crippen LogP contribution in [0.5, 0.6) is 0 Å². The first kappa shape index (κ1) is 16.1. The minimum absolute atomic E-state index is 0.118. The van der Waals surface area contributed by atoms with E-state index in [1.54, 1.807) is 11.8 Å². The van der Waals surface area contributed by atoms with Crippen LogP contribution in [-0.4, -0.2) is 47.0 Å². The van der Waals surface area contributed by atoms with Gasteiger partial charge in [-0.05, 0) is 25.1 Å². The predicted octanol–water partition coefficient (Wildman–Crippen LogP) is 1.32. The fraction of sp³-hybridized carbons (Fsp3) is 0.312. The van der Waals surface area contributed by atoms with Gasteiger partial charge in [0.2, 0.25) is 0 Å². The average molecular weight is 334 g/mol. The van der Waals surface area contributed by atoms with Gasteiger partial charge < -0.3 is 14.8 Å². The third-order valence-electron chi connectivity index (χ3n) is 3.90. The number of aromatic amines is 1. The lowest BCUT2D eigenvalue weighted by atomic mass is 10.1. The van der Waals surface area contributed by atoms with Crippen molar-refractivity contribution in [1.82, 2.24) is 14.9 Å². The Bertz CT molecular complexity index is 829. The number of aromatic nitrogens is 2. The van der Waals surface area contributed by atoms with Crippen molar-refractivity contribution in [2.45, 2.75) is 6.92 Å². The summed E-state index contributed by atoms with van der Waals surface area (Å²) in [6.45, 7) is 3.53. The highest BCUT2D eigenvalue weighted by Crippen LogP contribution is 2.15. The average Bonchev–Trinajstić information content (AvgIpc) is 2.56. The normalized spacial score (nSPS) is 14.8. The van der Waals surface area contributed by atoms with E-state index < -0.39 is 11.6 Å². The molecule has 6 nitrogen and oxygen atoms in total. The van der Waals surface area contributed by atoms with Crippen molar-refractivity contribution < 1.29 is 13.6 Å². The molecule has 0 bridgehead atoms. The molecular weight excluding hydrogens is 318 g/mol. The Labute approximate surface area is 136 Å². The van der Waals surface area contributed by atoms with Gasteiger partial charge in [0.15, 0.2) is 11.6 Å². The molecule has 1 aromatic heterocycles. The van der Waals surface area contributed by atoms with E-state index in [1.807, 2.05) is 4.90 Å². The van der Waals surface area contributed by atoms with Crippen molar-refractivity contribution in [2.24, 2.45) is 0 Å². The van der Waals surface area contributed by atoms with E-state index in [2.05, 4.69) is 9.97 Å². The van der Waals surface area contributed by atoms with Crippen LogP contribution in [0.2, 0.25) is 0 Å². The van der Waals surface area contributed by atoms with Crippen molar-refractivity contribution in [3.63, 3.8) is 0 Å². The van der Waals surface area contributed by atoms with Crippen LogP contribution in [-0.2, 0) is 0 Å². The highest BCUT2D eigenvalue weighted by Gasteiger charge is 2.23. The second kappa shape index (κ2) is 6.38. The number of H-pyrrole nitrogens is 1. The maximum Gasteiger partial charge on any atom is 0.254 e. The van der Waals surface area contributed by atoms with Gasteiger partial charge in [0, 0.05) is 37.8 Å². The van der Waals surface area contributed by atoms with Crippen LogP contribution in [0.4, 0.5) is 14.6 Å². The summed E-state index contributed by atoms with van der Waals surface area (Å²) in [7, 11) is 0. The number of amides is 1. The van der Waals surface area contributed by atoms with Crippen molar-refractivity contribution in [2.75, 3.05) is 31.1 Å². The quantitative estimate of drug-likeness (QED) is 0.899. The minimum atomic E-state index is -1.04. The van der Waals surface area contributed by atoms with Crippen LogP contribution in [0, 0.1) is 18.6 Å². The van der Waals surface area contributed by atoms with Gasteiger partial charge in [-0.3, -0.25) is 9.59 Å². The van der Waals surface area contributed by atoms with Gasteiger partial charge in [0.1, 0.15) is 11.6 Å². The number of rotatable bonds is 2. The molecule has 0 spiro atoms. The van der Waals surface area contributed by atoms with Crippen LogP contribution in [0.15, 0.2) is 29.1 Å². The molecule has 0 atom stereocenters. The van der Waals surface area contributed by atoms with Crippen molar-refractivity contribution in [3.8, 4) is 0 Å². The molecule has 1 N–H and O–H groups in total.